The molecule has 5 nitrogen and oxygen atoms in total. The molecule has 4 rings (SSSR count). The van der Waals surface area contributed by atoms with Crippen molar-refractivity contribution >= 4 is 11.6 Å². The van der Waals surface area contributed by atoms with Gasteiger partial charge in [0, 0.05) is 50.6 Å². The van der Waals surface area contributed by atoms with Crippen LogP contribution in [-0.2, 0) is 19.4 Å². The number of benzene rings is 3. The molecule has 0 aliphatic carbocycles. The maximum absolute atomic E-state index is 12.5. The smallest absolute Gasteiger partial charge is 0.251 e. The van der Waals surface area contributed by atoms with Gasteiger partial charge in [0.15, 0.2) is 0 Å². The molecule has 0 fully saturated rings. The summed E-state index contributed by atoms with van der Waals surface area (Å²) in [7, 11) is 1.00. The van der Waals surface area contributed by atoms with E-state index in [2.05, 4.69) is 65.8 Å². The molecule has 7 heteroatoms. The Morgan fingerprint density at radius 2 is 1.65 bits per heavy atom. The first-order valence-corrected chi connectivity index (χ1v) is 14.2. The number of amides is 1. The Morgan fingerprint density at radius 1 is 0.925 bits per heavy atom. The molecule has 1 amide bonds. The molecule has 40 heavy (non-hydrogen) atoms. The van der Waals surface area contributed by atoms with Crippen molar-refractivity contribution < 1.29 is 18.7 Å². The van der Waals surface area contributed by atoms with E-state index in [9.17, 15) is 13.6 Å². The van der Waals surface area contributed by atoms with Crippen molar-refractivity contribution in [2.45, 2.75) is 59.4 Å². The lowest BCUT2D eigenvalue weighted by atomic mass is 10.1. The maximum Gasteiger partial charge on any atom is 0.251 e. The van der Waals surface area contributed by atoms with Gasteiger partial charge in [0.2, 0.25) is 0 Å². The predicted octanol–water partition coefficient (Wildman–Crippen LogP) is 6.20. The second kappa shape index (κ2) is 18.1. The molecule has 0 radical (unpaired) electrons. The normalized spacial score (nSPS) is 11.6. The Hall–Kier alpha value is -3.29. The molecule has 0 saturated carbocycles. The van der Waals surface area contributed by atoms with Gasteiger partial charge in [-0.2, -0.15) is 0 Å². The van der Waals surface area contributed by atoms with Gasteiger partial charge in [-0.15, -0.1) is 0 Å². The van der Waals surface area contributed by atoms with Crippen molar-refractivity contribution in [3.8, 4) is 0 Å². The zero-order chi connectivity index (χ0) is 29.3. The van der Waals surface area contributed by atoms with E-state index in [4.69, 9.17) is 5.11 Å². The number of aliphatic hydroxyl groups excluding tert-OH is 1. The van der Waals surface area contributed by atoms with Crippen LogP contribution in [-0.4, -0.2) is 44.3 Å². The molecule has 0 unspecified atom stereocenters. The largest absolute Gasteiger partial charge is 0.400 e. The highest BCUT2D eigenvalue weighted by Gasteiger charge is 2.20. The lowest BCUT2D eigenvalue weighted by Crippen LogP contribution is -2.27. The Labute approximate surface area is 238 Å². The number of nitrogens with zero attached hydrogens (tertiary/aromatic N) is 1. The number of carbonyl (C=O) groups excluding carboxylic acids is 1. The minimum absolute atomic E-state index is 0.0331. The first-order chi connectivity index (χ1) is 19.4. The molecule has 3 aromatic rings. The number of aliphatic hydroxyl groups is 1. The summed E-state index contributed by atoms with van der Waals surface area (Å²) in [6.45, 7) is 10.7. The lowest BCUT2D eigenvalue weighted by molar-refractivity contribution is 0.0953. The Kier molecular flexibility index (Phi) is 14.9. The Morgan fingerprint density at radius 3 is 2.33 bits per heavy atom. The fourth-order valence-corrected chi connectivity index (χ4v) is 4.57. The van der Waals surface area contributed by atoms with E-state index in [0.717, 1.165) is 64.2 Å². The summed E-state index contributed by atoms with van der Waals surface area (Å²) in [4.78, 5) is 15.0. The number of hydrogen-bond acceptors (Lipinski definition) is 4. The zero-order valence-corrected chi connectivity index (χ0v) is 24.4. The Bertz CT molecular complexity index is 1140. The van der Waals surface area contributed by atoms with Crippen LogP contribution in [0, 0.1) is 18.6 Å². The average molecular weight is 554 g/mol. The molecule has 0 atom stereocenters. The minimum atomic E-state index is -0.521. The van der Waals surface area contributed by atoms with Crippen LogP contribution in [0.15, 0.2) is 60.7 Å². The van der Waals surface area contributed by atoms with Crippen LogP contribution < -0.4 is 15.5 Å². The second-order valence-corrected chi connectivity index (χ2v) is 9.84. The number of rotatable bonds is 11. The highest BCUT2D eigenvalue weighted by Crippen LogP contribution is 2.29. The van der Waals surface area contributed by atoms with Gasteiger partial charge >= 0.3 is 0 Å². The average Bonchev–Trinajstić information content (AvgIpc) is 3.36. The minimum Gasteiger partial charge on any atom is -0.400 e. The van der Waals surface area contributed by atoms with Crippen molar-refractivity contribution in [3.63, 3.8) is 0 Å². The van der Waals surface area contributed by atoms with Crippen molar-refractivity contribution in [2.75, 3.05) is 38.2 Å². The molecular formula is C33H45F2N3O2. The summed E-state index contributed by atoms with van der Waals surface area (Å²) in [6.07, 6.45) is 5.48. The van der Waals surface area contributed by atoms with Crippen molar-refractivity contribution in [1.82, 2.24) is 10.6 Å². The second-order valence-electron chi connectivity index (χ2n) is 9.84. The number of aryl methyl sites for hydroxylation is 2. The quantitative estimate of drug-likeness (QED) is 0.247. The third-order valence-electron chi connectivity index (χ3n) is 6.67. The highest BCUT2D eigenvalue weighted by molar-refractivity contribution is 5.95. The van der Waals surface area contributed by atoms with Crippen LogP contribution >= 0.6 is 0 Å². The molecule has 0 saturated heterocycles. The summed E-state index contributed by atoms with van der Waals surface area (Å²) in [6, 6.07) is 18.3. The SMILES string of the molecule is CCCCN1CCc2ccc(C(=O)NCCCNCc3cccc(CC)c3)cc21.CO.Cc1cc(F)cc(F)c1. The van der Waals surface area contributed by atoms with E-state index >= 15 is 0 Å². The topological polar surface area (TPSA) is 64.6 Å². The number of fused-ring (bicyclic) bond motifs is 1. The molecule has 1 aliphatic rings. The molecule has 218 valence electrons. The van der Waals surface area contributed by atoms with E-state index < -0.39 is 11.6 Å². The molecular weight excluding hydrogens is 508 g/mol. The van der Waals surface area contributed by atoms with Crippen LogP contribution in [0.5, 0.6) is 0 Å². The molecule has 1 heterocycles. The third-order valence-corrected chi connectivity index (χ3v) is 6.67. The zero-order valence-electron chi connectivity index (χ0n) is 24.4. The first-order valence-electron chi connectivity index (χ1n) is 14.2. The van der Waals surface area contributed by atoms with E-state index in [0.29, 0.717) is 12.1 Å². The Balaban J connectivity index is 0.000000428. The van der Waals surface area contributed by atoms with Crippen molar-refractivity contribution in [1.29, 1.82) is 0 Å². The van der Waals surface area contributed by atoms with Crippen LogP contribution in [0.3, 0.4) is 0 Å². The fraction of sp³-hybridized carbons (Fsp3) is 0.424. The van der Waals surface area contributed by atoms with Gasteiger partial charge < -0.3 is 20.6 Å². The van der Waals surface area contributed by atoms with E-state index in [1.807, 2.05) is 6.07 Å². The van der Waals surface area contributed by atoms with Crippen LogP contribution in [0.2, 0.25) is 0 Å². The fourth-order valence-electron chi connectivity index (χ4n) is 4.57. The number of anilines is 1. The third kappa shape index (κ3) is 11.1. The van der Waals surface area contributed by atoms with Gasteiger partial charge in [0.25, 0.3) is 5.91 Å². The van der Waals surface area contributed by atoms with Crippen LogP contribution in [0.4, 0.5) is 14.5 Å². The summed E-state index contributed by atoms with van der Waals surface area (Å²) < 4.78 is 24.4. The predicted molar refractivity (Wildman–Crippen MR) is 161 cm³/mol. The number of carbonyl (C=O) groups is 1. The van der Waals surface area contributed by atoms with E-state index in [1.54, 1.807) is 6.92 Å². The van der Waals surface area contributed by atoms with Crippen LogP contribution in [0.1, 0.15) is 65.7 Å². The molecule has 3 N–H and O–H groups in total. The molecule has 0 aromatic heterocycles. The first kappa shape index (κ1) is 32.9. The summed E-state index contributed by atoms with van der Waals surface area (Å²) in [5.74, 6) is -1.01. The van der Waals surface area contributed by atoms with Gasteiger partial charge in [-0.25, -0.2) is 8.78 Å². The molecule has 0 bridgehead atoms. The van der Waals surface area contributed by atoms with E-state index in [-0.39, 0.29) is 5.91 Å². The van der Waals surface area contributed by atoms with Gasteiger partial charge in [0.05, 0.1) is 0 Å². The lowest BCUT2D eigenvalue weighted by Gasteiger charge is -2.19. The van der Waals surface area contributed by atoms with Crippen LogP contribution in [0.25, 0.3) is 0 Å². The van der Waals surface area contributed by atoms with Crippen molar-refractivity contribution in [2.24, 2.45) is 0 Å². The number of hydrogen-bond donors (Lipinski definition) is 3. The number of halogens is 2. The van der Waals surface area contributed by atoms with Crippen molar-refractivity contribution in [3.05, 3.63) is 100 Å². The summed E-state index contributed by atoms with van der Waals surface area (Å²) in [5.41, 5.74) is 6.69. The summed E-state index contributed by atoms with van der Waals surface area (Å²) >= 11 is 0. The number of unbranched alkanes of at least 4 members (excludes halogenated alkanes) is 1. The molecule has 1 aliphatic heterocycles. The van der Waals surface area contributed by atoms with E-state index in [1.165, 1.54) is 47.4 Å². The number of nitrogens with one attached hydrogen (secondary N) is 2. The highest BCUT2D eigenvalue weighted by atomic mass is 19.1. The summed E-state index contributed by atoms with van der Waals surface area (Å²) in [5, 5.41) is 13.5. The van der Waals surface area contributed by atoms with Gasteiger partial charge in [0.1, 0.15) is 11.6 Å². The van der Waals surface area contributed by atoms with Gasteiger partial charge in [-0.05, 0) is 85.7 Å². The maximum atomic E-state index is 12.5. The standard InChI is InChI=1S/C25H35N3O.C7H6F2.CH4O/c1-3-5-15-28-16-12-22-10-11-23(18-24(22)28)25(29)27-14-7-13-26-19-21-9-6-8-20(4-2)17-21;1-5-2-6(8)4-7(9)3-5;1-2/h6,8-11,17-18,26H,3-5,7,12-16,19H2,1-2H3,(H,27,29);2-4H,1H3;2H,1H3. The molecule has 0 spiro atoms. The monoisotopic (exact) mass is 553 g/mol. The molecule has 3 aromatic carbocycles. The van der Waals surface area contributed by atoms with Gasteiger partial charge in [-0.1, -0.05) is 50.6 Å². The van der Waals surface area contributed by atoms with Gasteiger partial charge in [-0.3, -0.25) is 4.79 Å².